The molecule has 0 aliphatic carbocycles. The van der Waals surface area contributed by atoms with E-state index in [-0.39, 0.29) is 11.8 Å². The third-order valence-corrected chi connectivity index (χ3v) is 4.34. The summed E-state index contributed by atoms with van der Waals surface area (Å²) in [6.45, 7) is 8.32. The van der Waals surface area contributed by atoms with Gasteiger partial charge in [0.1, 0.15) is 0 Å². The van der Waals surface area contributed by atoms with Gasteiger partial charge in [0, 0.05) is 17.3 Å². The third-order valence-electron chi connectivity index (χ3n) is 3.44. The van der Waals surface area contributed by atoms with Gasteiger partial charge in [-0.1, -0.05) is 26.8 Å². The Morgan fingerprint density at radius 1 is 1.45 bits per heavy atom. The Morgan fingerprint density at radius 2 is 2.15 bits per heavy atom. The quantitative estimate of drug-likeness (QED) is 0.774. The monoisotopic (exact) mass is 297 g/mol. The Balaban J connectivity index is 2.34. The number of thiophene rings is 1. The van der Waals surface area contributed by atoms with Gasteiger partial charge in [-0.25, -0.2) is 0 Å². The van der Waals surface area contributed by atoms with Crippen LogP contribution in [0, 0.1) is 11.8 Å². The van der Waals surface area contributed by atoms with Crippen LogP contribution in [0.1, 0.15) is 45.4 Å². The molecule has 2 unspecified atom stereocenters. The van der Waals surface area contributed by atoms with Crippen molar-refractivity contribution in [2.45, 2.75) is 52.6 Å². The van der Waals surface area contributed by atoms with E-state index in [1.54, 1.807) is 18.3 Å². The van der Waals surface area contributed by atoms with E-state index in [1.165, 1.54) is 4.88 Å². The molecule has 0 aliphatic heterocycles. The molecule has 0 spiro atoms. The van der Waals surface area contributed by atoms with Gasteiger partial charge in [-0.2, -0.15) is 0 Å². The lowest BCUT2D eigenvalue weighted by atomic mass is 9.95. The van der Waals surface area contributed by atoms with Crippen LogP contribution in [0.4, 0.5) is 0 Å². The molecule has 4 heteroatoms. The number of carbonyl (C=O) groups excluding carboxylic acids is 1. The lowest BCUT2D eigenvalue weighted by Gasteiger charge is -2.25. The Bertz CT molecular complexity index is 399. The number of carbonyl (C=O) groups is 1. The van der Waals surface area contributed by atoms with Gasteiger partial charge in [0.25, 0.3) is 0 Å². The van der Waals surface area contributed by atoms with Crippen molar-refractivity contribution in [1.29, 1.82) is 0 Å². The first-order valence-electron chi connectivity index (χ1n) is 7.32. The predicted octanol–water partition coefficient (Wildman–Crippen LogP) is 3.23. The summed E-state index contributed by atoms with van der Waals surface area (Å²) in [6, 6.07) is 4.05. The maximum atomic E-state index is 12.0. The van der Waals surface area contributed by atoms with E-state index in [0.29, 0.717) is 18.9 Å². The molecule has 0 saturated heterocycles. The normalized spacial score (nSPS) is 15.9. The van der Waals surface area contributed by atoms with Gasteiger partial charge in [0.2, 0.25) is 5.91 Å². The Hall–Kier alpha value is -0.870. The van der Waals surface area contributed by atoms with Gasteiger partial charge >= 0.3 is 0 Å². The molecule has 1 heterocycles. The first-order chi connectivity index (χ1) is 9.30. The van der Waals surface area contributed by atoms with Crippen LogP contribution in [-0.4, -0.2) is 23.2 Å². The molecule has 0 fully saturated rings. The fourth-order valence-corrected chi connectivity index (χ4v) is 2.80. The number of aliphatic hydroxyl groups is 1. The zero-order valence-electron chi connectivity index (χ0n) is 13.0. The molecule has 2 N–H and O–H groups in total. The van der Waals surface area contributed by atoms with Crippen LogP contribution < -0.4 is 5.32 Å². The molecule has 0 aliphatic rings. The van der Waals surface area contributed by atoms with Gasteiger partial charge in [0.15, 0.2) is 0 Å². The van der Waals surface area contributed by atoms with Crippen molar-refractivity contribution in [2.24, 2.45) is 11.8 Å². The standard InChI is InChI=1S/C16H27NO2S/c1-12(2)7-8-16(4,19)11-17-15(18)13(3)10-14-6-5-9-20-14/h5-6,9,12-13,19H,7-8,10-11H2,1-4H3,(H,17,18). The highest BCUT2D eigenvalue weighted by molar-refractivity contribution is 7.09. The van der Waals surface area contributed by atoms with E-state index in [2.05, 4.69) is 19.2 Å². The summed E-state index contributed by atoms with van der Waals surface area (Å²) in [5, 5.41) is 15.1. The number of hydrogen-bond acceptors (Lipinski definition) is 3. The number of amides is 1. The lowest BCUT2D eigenvalue weighted by molar-refractivity contribution is -0.125. The average molecular weight is 297 g/mol. The number of hydrogen-bond donors (Lipinski definition) is 2. The molecule has 1 amide bonds. The van der Waals surface area contributed by atoms with Gasteiger partial charge in [-0.15, -0.1) is 11.3 Å². The van der Waals surface area contributed by atoms with Crippen LogP contribution in [0.5, 0.6) is 0 Å². The van der Waals surface area contributed by atoms with Crippen LogP contribution in [-0.2, 0) is 11.2 Å². The summed E-state index contributed by atoms with van der Waals surface area (Å²) in [4.78, 5) is 13.3. The van der Waals surface area contributed by atoms with Crippen LogP contribution in [0.25, 0.3) is 0 Å². The molecule has 0 aromatic carbocycles. The van der Waals surface area contributed by atoms with E-state index in [9.17, 15) is 9.90 Å². The van der Waals surface area contributed by atoms with Crippen molar-refractivity contribution < 1.29 is 9.90 Å². The first-order valence-corrected chi connectivity index (χ1v) is 8.20. The Kier molecular flexibility index (Phi) is 6.69. The topological polar surface area (TPSA) is 49.3 Å². The van der Waals surface area contributed by atoms with E-state index in [1.807, 2.05) is 24.4 Å². The van der Waals surface area contributed by atoms with Gasteiger partial charge in [-0.05, 0) is 43.6 Å². The molecular weight excluding hydrogens is 270 g/mol. The first kappa shape index (κ1) is 17.2. The SMILES string of the molecule is CC(C)CCC(C)(O)CNC(=O)C(C)Cc1cccs1. The highest BCUT2D eigenvalue weighted by Crippen LogP contribution is 2.17. The summed E-state index contributed by atoms with van der Waals surface area (Å²) in [7, 11) is 0. The van der Waals surface area contributed by atoms with Crippen molar-refractivity contribution in [3.8, 4) is 0 Å². The largest absolute Gasteiger partial charge is 0.388 e. The molecule has 2 atom stereocenters. The smallest absolute Gasteiger partial charge is 0.223 e. The van der Waals surface area contributed by atoms with Crippen molar-refractivity contribution in [2.75, 3.05) is 6.54 Å². The van der Waals surface area contributed by atoms with Crippen LogP contribution >= 0.6 is 11.3 Å². The number of rotatable bonds is 8. The van der Waals surface area contributed by atoms with E-state index in [0.717, 1.165) is 12.8 Å². The minimum absolute atomic E-state index is 0.0169. The maximum absolute atomic E-state index is 12.0. The highest BCUT2D eigenvalue weighted by atomic mass is 32.1. The third kappa shape index (κ3) is 6.53. The molecule has 1 aromatic heterocycles. The second-order valence-corrected chi connectivity index (χ2v) is 7.36. The van der Waals surface area contributed by atoms with Gasteiger partial charge < -0.3 is 10.4 Å². The number of nitrogens with one attached hydrogen (secondary N) is 1. The molecule has 0 saturated carbocycles. The van der Waals surface area contributed by atoms with Crippen LogP contribution in [0.15, 0.2) is 17.5 Å². The van der Waals surface area contributed by atoms with Gasteiger partial charge in [-0.3, -0.25) is 4.79 Å². The fourth-order valence-electron chi connectivity index (χ4n) is 1.96. The van der Waals surface area contributed by atoms with Crippen molar-refractivity contribution >= 4 is 17.2 Å². The van der Waals surface area contributed by atoms with Crippen molar-refractivity contribution in [3.05, 3.63) is 22.4 Å². The van der Waals surface area contributed by atoms with Crippen molar-refractivity contribution in [3.63, 3.8) is 0 Å². The second kappa shape index (κ2) is 7.79. The van der Waals surface area contributed by atoms with E-state index in [4.69, 9.17) is 0 Å². The molecular formula is C16H27NO2S. The summed E-state index contributed by atoms with van der Waals surface area (Å²) in [5.74, 6) is 0.521. The average Bonchev–Trinajstić information content (AvgIpc) is 2.86. The van der Waals surface area contributed by atoms with E-state index < -0.39 is 5.60 Å². The van der Waals surface area contributed by atoms with Crippen molar-refractivity contribution in [1.82, 2.24) is 5.32 Å². The Labute approximate surface area is 126 Å². The molecule has 114 valence electrons. The second-order valence-electron chi connectivity index (χ2n) is 6.33. The highest BCUT2D eigenvalue weighted by Gasteiger charge is 2.23. The molecule has 0 bridgehead atoms. The molecule has 3 nitrogen and oxygen atoms in total. The minimum Gasteiger partial charge on any atom is -0.388 e. The predicted molar refractivity (Wildman–Crippen MR) is 84.9 cm³/mol. The lowest BCUT2D eigenvalue weighted by Crippen LogP contribution is -2.42. The maximum Gasteiger partial charge on any atom is 0.223 e. The van der Waals surface area contributed by atoms with Gasteiger partial charge in [0.05, 0.1) is 5.60 Å². The molecule has 1 rings (SSSR count). The summed E-state index contributed by atoms with van der Waals surface area (Å²) < 4.78 is 0. The van der Waals surface area contributed by atoms with Crippen LogP contribution in [0.3, 0.4) is 0 Å². The summed E-state index contributed by atoms with van der Waals surface area (Å²) >= 11 is 1.67. The zero-order chi connectivity index (χ0) is 15.2. The fraction of sp³-hybridized carbons (Fsp3) is 0.688. The summed E-state index contributed by atoms with van der Waals surface area (Å²) in [6.07, 6.45) is 2.44. The van der Waals surface area contributed by atoms with E-state index >= 15 is 0 Å². The summed E-state index contributed by atoms with van der Waals surface area (Å²) in [5.41, 5.74) is -0.817. The molecule has 1 aromatic rings. The minimum atomic E-state index is -0.817. The molecule has 20 heavy (non-hydrogen) atoms. The van der Waals surface area contributed by atoms with Crippen LogP contribution in [0.2, 0.25) is 0 Å². The zero-order valence-corrected chi connectivity index (χ0v) is 13.8. The Morgan fingerprint density at radius 3 is 2.70 bits per heavy atom. The molecule has 0 radical (unpaired) electrons.